The second-order valence-corrected chi connectivity index (χ2v) is 11.7. The lowest BCUT2D eigenvalue weighted by Gasteiger charge is -2.37. The third-order valence-electron chi connectivity index (χ3n) is 8.56. The number of nitrogens with zero attached hydrogens (tertiary/aromatic N) is 7. The zero-order valence-electron chi connectivity index (χ0n) is 25.1. The first kappa shape index (κ1) is 30.8. The van der Waals surface area contributed by atoms with Crippen molar-refractivity contribution < 1.29 is 18.0 Å². The molecule has 0 spiro atoms. The van der Waals surface area contributed by atoms with Gasteiger partial charge in [-0.15, -0.1) is 0 Å². The Hall–Kier alpha value is -4.23. The van der Waals surface area contributed by atoms with Gasteiger partial charge in [0.25, 0.3) is 0 Å². The number of Topliss-reactive ketones (excluding diaryl/α,β-unsaturated/α-hetero) is 1. The number of aromatic nitrogens is 5. The topological polar surface area (TPSA) is 112 Å². The number of rotatable bonds is 9. The first-order valence-electron chi connectivity index (χ1n) is 15.3. The van der Waals surface area contributed by atoms with Crippen molar-refractivity contribution in [1.82, 2.24) is 35.1 Å². The summed E-state index contributed by atoms with van der Waals surface area (Å²) in [5.41, 5.74) is 2.61. The smallest absolute Gasteiger partial charge is 0.338 e. The summed E-state index contributed by atoms with van der Waals surface area (Å²) in [6.07, 6.45) is 2.40. The maximum atomic E-state index is 13.1. The Morgan fingerprint density at radius 1 is 1.02 bits per heavy atom. The zero-order chi connectivity index (χ0) is 31.4. The number of anilines is 3. The van der Waals surface area contributed by atoms with Gasteiger partial charge in [-0.2, -0.15) is 13.2 Å². The number of hydrogen-bond acceptors (Lipinski definition) is 10. The van der Waals surface area contributed by atoms with Gasteiger partial charge < -0.3 is 15.5 Å². The van der Waals surface area contributed by atoms with Crippen molar-refractivity contribution in [1.29, 1.82) is 0 Å². The molecule has 0 aliphatic carbocycles. The molecule has 13 heteroatoms. The van der Waals surface area contributed by atoms with Gasteiger partial charge in [0.05, 0.1) is 11.8 Å². The second-order valence-electron chi connectivity index (χ2n) is 11.7. The van der Waals surface area contributed by atoms with E-state index in [0.29, 0.717) is 34.1 Å². The molecule has 0 bridgehead atoms. The largest absolute Gasteiger partial charge is 0.416 e. The van der Waals surface area contributed by atoms with E-state index in [0.717, 1.165) is 75.6 Å². The van der Waals surface area contributed by atoms with Crippen LogP contribution in [0.2, 0.25) is 0 Å². The van der Waals surface area contributed by atoms with Gasteiger partial charge in [-0.1, -0.05) is 12.1 Å². The van der Waals surface area contributed by atoms with Gasteiger partial charge in [-0.3, -0.25) is 14.7 Å². The van der Waals surface area contributed by atoms with Crippen molar-refractivity contribution >= 4 is 34.3 Å². The molecule has 0 saturated carbocycles. The van der Waals surface area contributed by atoms with Crippen LogP contribution in [0, 0.1) is 12.8 Å². The van der Waals surface area contributed by atoms with Crippen LogP contribution in [0.1, 0.15) is 46.4 Å². The number of piperidine rings is 1. The third-order valence-corrected chi connectivity index (χ3v) is 8.56. The van der Waals surface area contributed by atoms with Crippen LogP contribution in [0.15, 0.2) is 49.1 Å². The van der Waals surface area contributed by atoms with Crippen molar-refractivity contribution in [2.45, 2.75) is 38.8 Å². The number of carbonyl (C=O) groups is 1. The van der Waals surface area contributed by atoms with Crippen LogP contribution in [0.5, 0.6) is 0 Å². The lowest BCUT2D eigenvalue weighted by atomic mass is 9.97. The Labute approximate surface area is 259 Å². The monoisotopic (exact) mass is 619 g/mol. The fourth-order valence-electron chi connectivity index (χ4n) is 5.88. The molecule has 1 aromatic carbocycles. The van der Waals surface area contributed by atoms with Crippen molar-refractivity contribution in [2.75, 3.05) is 56.0 Å². The van der Waals surface area contributed by atoms with E-state index in [-0.39, 0.29) is 24.3 Å². The minimum absolute atomic E-state index is 0.0228. The van der Waals surface area contributed by atoms with E-state index in [2.05, 4.69) is 40.4 Å². The summed E-state index contributed by atoms with van der Waals surface area (Å²) in [4.78, 5) is 40.0. The Morgan fingerprint density at radius 3 is 2.60 bits per heavy atom. The molecule has 6 rings (SSSR count). The minimum atomic E-state index is -4.46. The summed E-state index contributed by atoms with van der Waals surface area (Å²) in [5.74, 6) is 1.68. The van der Waals surface area contributed by atoms with E-state index < -0.39 is 11.7 Å². The maximum Gasteiger partial charge on any atom is 0.416 e. The van der Waals surface area contributed by atoms with Gasteiger partial charge in [0.2, 0.25) is 5.95 Å². The molecule has 2 N–H and O–H groups in total. The zero-order valence-corrected chi connectivity index (χ0v) is 25.1. The average molecular weight is 620 g/mol. The fraction of sp³-hybridized carbons (Fsp3) is 0.438. The summed E-state index contributed by atoms with van der Waals surface area (Å²) >= 11 is 0. The van der Waals surface area contributed by atoms with Crippen molar-refractivity contribution in [3.05, 3.63) is 71.4 Å². The predicted octanol–water partition coefficient (Wildman–Crippen LogP) is 4.82. The molecule has 3 aromatic heterocycles. The summed E-state index contributed by atoms with van der Waals surface area (Å²) in [6, 6.07) is 7.18. The lowest BCUT2D eigenvalue weighted by molar-refractivity contribution is -0.137. The molecule has 2 aliphatic heterocycles. The first-order valence-corrected chi connectivity index (χ1v) is 15.3. The van der Waals surface area contributed by atoms with Gasteiger partial charge >= 0.3 is 6.18 Å². The van der Waals surface area contributed by atoms with Crippen LogP contribution >= 0.6 is 0 Å². The molecule has 0 unspecified atom stereocenters. The van der Waals surface area contributed by atoms with E-state index in [9.17, 15) is 18.0 Å². The molecule has 2 fully saturated rings. The molecule has 236 valence electrons. The van der Waals surface area contributed by atoms with Crippen molar-refractivity contribution in [3.8, 4) is 0 Å². The maximum absolute atomic E-state index is 13.1. The van der Waals surface area contributed by atoms with Gasteiger partial charge in [0.15, 0.2) is 11.6 Å². The van der Waals surface area contributed by atoms with Crippen LogP contribution in [0.3, 0.4) is 0 Å². The number of halogens is 3. The number of fused-ring (bicyclic) bond motifs is 1. The van der Waals surface area contributed by atoms with Crippen molar-refractivity contribution in [2.24, 2.45) is 5.92 Å². The quantitative estimate of drug-likeness (QED) is 0.253. The molecular formula is C32H36F3N9O. The van der Waals surface area contributed by atoms with Crippen molar-refractivity contribution in [3.63, 3.8) is 0 Å². The van der Waals surface area contributed by atoms with Crippen LogP contribution in [-0.4, -0.2) is 81.4 Å². The average Bonchev–Trinajstić information content (AvgIpc) is 3.05. The number of carbonyl (C=O) groups excluding carboxylic acids is 1. The molecule has 4 aromatic rings. The van der Waals surface area contributed by atoms with Gasteiger partial charge in [-0.05, 0) is 69.0 Å². The summed E-state index contributed by atoms with van der Waals surface area (Å²) in [6.45, 7) is 8.87. The number of aryl methyl sites for hydroxylation is 2. The highest BCUT2D eigenvalue weighted by Crippen LogP contribution is 2.30. The van der Waals surface area contributed by atoms with E-state index in [1.54, 1.807) is 18.3 Å². The number of benzene rings is 1. The summed E-state index contributed by atoms with van der Waals surface area (Å²) in [7, 11) is 0. The number of nitrogens with one attached hydrogen (secondary N) is 2. The molecule has 0 radical (unpaired) electrons. The fourth-order valence-corrected chi connectivity index (χ4v) is 5.88. The highest BCUT2D eigenvalue weighted by atomic mass is 19.4. The summed E-state index contributed by atoms with van der Waals surface area (Å²) < 4.78 is 39.2. The highest BCUT2D eigenvalue weighted by molar-refractivity contribution is 5.97. The van der Waals surface area contributed by atoms with Crippen LogP contribution in [-0.2, 0) is 12.6 Å². The standard InChI is InChI=1S/C32H36F3N9O/c1-21-2-3-23(28(45)5-4-25-17-24(8-11-37-25)32(33,34)35)16-26(21)41-30-29-27(39-20-40-30)18-38-31(42-29)44-14-12-43(13-15-44)19-22-6-9-36-10-7-22/h2-3,8,11,16-18,20,22,36H,4-7,9-10,12-15,19H2,1H3,(H,39,40,41). The molecule has 45 heavy (non-hydrogen) atoms. The molecular weight excluding hydrogens is 583 g/mol. The predicted molar refractivity (Wildman–Crippen MR) is 166 cm³/mol. The summed E-state index contributed by atoms with van der Waals surface area (Å²) in [5, 5.41) is 6.77. The normalized spacial score (nSPS) is 16.7. The van der Waals surface area contributed by atoms with E-state index in [1.165, 1.54) is 19.2 Å². The lowest BCUT2D eigenvalue weighted by Crippen LogP contribution is -2.49. The van der Waals surface area contributed by atoms with Gasteiger partial charge in [0, 0.05) is 62.3 Å². The van der Waals surface area contributed by atoms with E-state index in [4.69, 9.17) is 4.98 Å². The van der Waals surface area contributed by atoms with Crippen LogP contribution in [0.25, 0.3) is 11.0 Å². The number of ketones is 1. The Balaban J connectivity index is 1.13. The molecule has 2 saturated heterocycles. The number of hydrogen-bond donors (Lipinski definition) is 2. The Morgan fingerprint density at radius 2 is 1.82 bits per heavy atom. The number of piperazine rings is 1. The Kier molecular flexibility index (Phi) is 9.17. The van der Waals surface area contributed by atoms with Crippen LogP contribution < -0.4 is 15.5 Å². The van der Waals surface area contributed by atoms with Gasteiger partial charge in [0.1, 0.15) is 17.4 Å². The second kappa shape index (κ2) is 13.4. The van der Waals surface area contributed by atoms with Gasteiger partial charge in [-0.25, -0.2) is 19.9 Å². The molecule has 2 aliphatic rings. The number of pyridine rings is 1. The highest BCUT2D eigenvalue weighted by Gasteiger charge is 2.30. The van der Waals surface area contributed by atoms with E-state index in [1.807, 2.05) is 13.0 Å². The van der Waals surface area contributed by atoms with E-state index >= 15 is 0 Å². The first-order chi connectivity index (χ1) is 21.7. The third kappa shape index (κ3) is 7.54. The Bertz CT molecular complexity index is 1650. The molecule has 10 nitrogen and oxygen atoms in total. The molecule has 5 heterocycles. The number of alkyl halides is 3. The molecule has 0 atom stereocenters. The minimum Gasteiger partial charge on any atom is -0.338 e. The van der Waals surface area contributed by atoms with Crippen LogP contribution in [0.4, 0.5) is 30.6 Å². The molecule has 0 amide bonds. The SMILES string of the molecule is Cc1ccc(C(=O)CCc2cc(C(F)(F)F)ccn2)cc1Nc1ncnc2cnc(N3CCN(CC4CCNCC4)CC3)nc12.